The Morgan fingerprint density at radius 1 is 1.24 bits per heavy atom. The second kappa shape index (κ2) is 5.38. The highest BCUT2D eigenvalue weighted by Crippen LogP contribution is 2.22. The summed E-state index contributed by atoms with van der Waals surface area (Å²) in [7, 11) is 0. The van der Waals surface area contributed by atoms with Gasteiger partial charge in [0.25, 0.3) is 0 Å². The molecule has 0 amide bonds. The molecule has 0 radical (unpaired) electrons. The van der Waals surface area contributed by atoms with Gasteiger partial charge in [-0.15, -0.1) is 11.3 Å². The molecule has 0 aliphatic heterocycles. The topological polar surface area (TPSA) is 24.9 Å². The Hall–Kier alpha value is -1.26. The normalized spacial score (nSPS) is 14.5. The molecule has 2 rings (SSSR count). The molecule has 90 valence electrons. The molecule has 1 aromatic carbocycles. The maximum atomic E-state index is 13.6. The van der Waals surface area contributed by atoms with Crippen LogP contribution < -0.4 is 5.32 Å². The van der Waals surface area contributed by atoms with Gasteiger partial charge in [0.05, 0.1) is 6.04 Å². The summed E-state index contributed by atoms with van der Waals surface area (Å²) in [6, 6.07) is 6.95. The molecule has 2 atom stereocenters. The Bertz CT molecular complexity index is 470. The number of nitrogens with one attached hydrogen (secondary N) is 1. The van der Waals surface area contributed by atoms with Crippen LogP contribution in [0, 0.1) is 5.82 Å². The quantitative estimate of drug-likeness (QED) is 0.895. The van der Waals surface area contributed by atoms with E-state index in [0.29, 0.717) is 5.56 Å². The minimum atomic E-state index is -0.168. The van der Waals surface area contributed by atoms with Crippen LogP contribution in [0.3, 0.4) is 0 Å². The van der Waals surface area contributed by atoms with Gasteiger partial charge < -0.3 is 5.32 Å². The summed E-state index contributed by atoms with van der Waals surface area (Å²) in [6.45, 7) is 4.00. The van der Waals surface area contributed by atoms with Crippen LogP contribution in [0.25, 0.3) is 0 Å². The molecule has 1 unspecified atom stereocenters. The maximum absolute atomic E-state index is 13.6. The average molecular weight is 250 g/mol. The summed E-state index contributed by atoms with van der Waals surface area (Å²) in [5.74, 6) is -0.168. The van der Waals surface area contributed by atoms with Gasteiger partial charge in [-0.1, -0.05) is 18.2 Å². The fourth-order valence-corrected chi connectivity index (χ4v) is 2.47. The lowest BCUT2D eigenvalue weighted by Gasteiger charge is -2.19. The number of nitrogens with zero attached hydrogens (tertiary/aromatic N) is 1. The zero-order valence-corrected chi connectivity index (χ0v) is 10.7. The summed E-state index contributed by atoms with van der Waals surface area (Å²) in [4.78, 5) is 4.25. The van der Waals surface area contributed by atoms with E-state index in [1.807, 2.05) is 31.4 Å². The molecule has 0 saturated heterocycles. The van der Waals surface area contributed by atoms with Gasteiger partial charge in [-0.25, -0.2) is 9.37 Å². The van der Waals surface area contributed by atoms with E-state index in [1.54, 1.807) is 23.6 Å². The fraction of sp³-hybridized carbons (Fsp3) is 0.308. The van der Waals surface area contributed by atoms with Gasteiger partial charge in [0.15, 0.2) is 0 Å². The summed E-state index contributed by atoms with van der Waals surface area (Å²) in [5.41, 5.74) is 0.691. The van der Waals surface area contributed by atoms with Gasteiger partial charge in [-0.3, -0.25) is 0 Å². The van der Waals surface area contributed by atoms with Crippen molar-refractivity contribution in [3.8, 4) is 0 Å². The number of hydrogen-bond acceptors (Lipinski definition) is 3. The zero-order valence-electron chi connectivity index (χ0n) is 9.85. The first-order chi connectivity index (χ1) is 8.18. The first kappa shape index (κ1) is 12.2. The van der Waals surface area contributed by atoms with Crippen molar-refractivity contribution in [2.45, 2.75) is 25.9 Å². The SMILES string of the molecule is CC(N[C@H](C)c1ccccc1F)c1nccs1. The van der Waals surface area contributed by atoms with E-state index in [1.165, 1.54) is 6.07 Å². The van der Waals surface area contributed by atoms with Crippen molar-refractivity contribution in [3.63, 3.8) is 0 Å². The van der Waals surface area contributed by atoms with E-state index >= 15 is 0 Å². The average Bonchev–Trinajstić information content (AvgIpc) is 2.82. The standard InChI is InChI=1S/C13H15FN2S/c1-9(11-5-3-4-6-12(11)14)16-10(2)13-15-7-8-17-13/h3-10,16H,1-2H3/t9-,10?/m1/s1. The Balaban J connectivity index is 2.07. The molecule has 0 spiro atoms. The van der Waals surface area contributed by atoms with Crippen LogP contribution in [0.15, 0.2) is 35.8 Å². The molecule has 4 heteroatoms. The van der Waals surface area contributed by atoms with Crippen molar-refractivity contribution >= 4 is 11.3 Å². The smallest absolute Gasteiger partial charge is 0.127 e. The van der Waals surface area contributed by atoms with Crippen molar-refractivity contribution < 1.29 is 4.39 Å². The Morgan fingerprint density at radius 2 is 2.00 bits per heavy atom. The number of aromatic nitrogens is 1. The zero-order chi connectivity index (χ0) is 12.3. The molecule has 1 N–H and O–H groups in total. The number of benzene rings is 1. The van der Waals surface area contributed by atoms with Crippen LogP contribution in [0.2, 0.25) is 0 Å². The molecule has 1 heterocycles. The predicted octanol–water partition coefficient (Wildman–Crippen LogP) is 3.69. The van der Waals surface area contributed by atoms with Crippen molar-refractivity contribution in [1.29, 1.82) is 0 Å². The minimum Gasteiger partial charge on any atom is -0.301 e. The van der Waals surface area contributed by atoms with Crippen LogP contribution >= 0.6 is 11.3 Å². The summed E-state index contributed by atoms with van der Waals surface area (Å²) < 4.78 is 13.6. The van der Waals surface area contributed by atoms with Gasteiger partial charge in [0.1, 0.15) is 10.8 Å². The highest BCUT2D eigenvalue weighted by molar-refractivity contribution is 7.09. The van der Waals surface area contributed by atoms with E-state index in [-0.39, 0.29) is 17.9 Å². The van der Waals surface area contributed by atoms with Crippen LogP contribution in [0.5, 0.6) is 0 Å². The van der Waals surface area contributed by atoms with Crippen molar-refractivity contribution in [3.05, 3.63) is 52.2 Å². The lowest BCUT2D eigenvalue weighted by molar-refractivity contribution is 0.473. The van der Waals surface area contributed by atoms with Crippen molar-refractivity contribution in [2.75, 3.05) is 0 Å². The van der Waals surface area contributed by atoms with Crippen LogP contribution in [0.4, 0.5) is 4.39 Å². The predicted molar refractivity (Wildman–Crippen MR) is 68.5 cm³/mol. The van der Waals surface area contributed by atoms with E-state index in [4.69, 9.17) is 0 Å². The maximum Gasteiger partial charge on any atom is 0.127 e. The number of hydrogen-bond donors (Lipinski definition) is 1. The van der Waals surface area contributed by atoms with Gasteiger partial charge in [0.2, 0.25) is 0 Å². The molecular formula is C13H15FN2S. The van der Waals surface area contributed by atoms with Gasteiger partial charge >= 0.3 is 0 Å². The molecular weight excluding hydrogens is 235 g/mol. The van der Waals surface area contributed by atoms with E-state index < -0.39 is 0 Å². The van der Waals surface area contributed by atoms with Gasteiger partial charge in [-0.05, 0) is 19.9 Å². The highest BCUT2D eigenvalue weighted by Gasteiger charge is 2.15. The molecule has 0 aliphatic rings. The van der Waals surface area contributed by atoms with Crippen LogP contribution in [0.1, 0.15) is 36.5 Å². The molecule has 2 aromatic rings. The summed E-state index contributed by atoms with van der Waals surface area (Å²) >= 11 is 1.61. The molecule has 0 aliphatic carbocycles. The summed E-state index contributed by atoms with van der Waals surface area (Å²) in [6.07, 6.45) is 1.78. The first-order valence-corrected chi connectivity index (χ1v) is 6.46. The van der Waals surface area contributed by atoms with Crippen molar-refractivity contribution in [1.82, 2.24) is 10.3 Å². The van der Waals surface area contributed by atoms with Crippen LogP contribution in [-0.2, 0) is 0 Å². The van der Waals surface area contributed by atoms with Gasteiger partial charge in [-0.2, -0.15) is 0 Å². The largest absolute Gasteiger partial charge is 0.301 e. The third-order valence-corrected chi connectivity index (χ3v) is 3.65. The molecule has 2 nitrogen and oxygen atoms in total. The molecule has 1 aromatic heterocycles. The van der Waals surface area contributed by atoms with Crippen LogP contribution in [-0.4, -0.2) is 4.98 Å². The van der Waals surface area contributed by atoms with Gasteiger partial charge in [0, 0.05) is 23.2 Å². The van der Waals surface area contributed by atoms with E-state index in [2.05, 4.69) is 10.3 Å². The number of rotatable bonds is 4. The highest BCUT2D eigenvalue weighted by atomic mass is 32.1. The summed E-state index contributed by atoms with van der Waals surface area (Å²) in [5, 5.41) is 6.31. The first-order valence-electron chi connectivity index (χ1n) is 5.58. The molecule has 0 saturated carbocycles. The molecule has 0 fully saturated rings. The van der Waals surface area contributed by atoms with Crippen molar-refractivity contribution in [2.24, 2.45) is 0 Å². The molecule has 0 bridgehead atoms. The third-order valence-electron chi connectivity index (χ3n) is 2.69. The minimum absolute atomic E-state index is 0.0323. The second-order valence-electron chi connectivity index (χ2n) is 4.00. The fourth-order valence-electron chi connectivity index (χ4n) is 1.81. The Kier molecular flexibility index (Phi) is 3.86. The Labute approximate surface area is 105 Å². The third kappa shape index (κ3) is 2.90. The molecule has 17 heavy (non-hydrogen) atoms. The number of halogens is 1. The second-order valence-corrected chi connectivity index (χ2v) is 4.93. The monoisotopic (exact) mass is 250 g/mol. The number of thiazole rings is 1. The van der Waals surface area contributed by atoms with E-state index in [9.17, 15) is 4.39 Å². The lowest BCUT2D eigenvalue weighted by Crippen LogP contribution is -2.23. The lowest BCUT2D eigenvalue weighted by atomic mass is 10.1. The van der Waals surface area contributed by atoms with E-state index in [0.717, 1.165) is 5.01 Å². The Morgan fingerprint density at radius 3 is 2.65 bits per heavy atom.